The molecule has 1 aromatic carbocycles. The Kier molecular flexibility index (Phi) is 6.32. The third-order valence-corrected chi connectivity index (χ3v) is 5.86. The molecule has 0 fully saturated rings. The van der Waals surface area contributed by atoms with E-state index in [2.05, 4.69) is 0 Å². The molecular formula is C13H22N2O2S2. The molecule has 1 atom stereocenters. The van der Waals surface area contributed by atoms with Gasteiger partial charge in [-0.2, -0.15) is 16.1 Å². The second-order valence-corrected chi connectivity index (χ2v) is 7.42. The zero-order valence-electron chi connectivity index (χ0n) is 11.7. The van der Waals surface area contributed by atoms with Gasteiger partial charge < -0.3 is 5.73 Å². The molecule has 0 aliphatic rings. The van der Waals surface area contributed by atoms with Crippen molar-refractivity contribution >= 4 is 21.8 Å². The van der Waals surface area contributed by atoms with Gasteiger partial charge in [-0.15, -0.1) is 0 Å². The van der Waals surface area contributed by atoms with Crippen LogP contribution in [0.4, 0.5) is 0 Å². The molecule has 0 saturated carbocycles. The van der Waals surface area contributed by atoms with Crippen molar-refractivity contribution in [2.24, 2.45) is 5.73 Å². The number of rotatable bonds is 7. The van der Waals surface area contributed by atoms with Crippen LogP contribution in [0.15, 0.2) is 29.2 Å². The van der Waals surface area contributed by atoms with Crippen LogP contribution in [0.25, 0.3) is 0 Å². The van der Waals surface area contributed by atoms with Crippen molar-refractivity contribution < 1.29 is 8.42 Å². The Balaban J connectivity index is 2.93. The van der Waals surface area contributed by atoms with Crippen molar-refractivity contribution in [2.45, 2.75) is 24.3 Å². The number of nitrogens with two attached hydrogens (primary N) is 1. The minimum Gasteiger partial charge on any atom is -0.330 e. The highest BCUT2D eigenvalue weighted by Crippen LogP contribution is 2.18. The number of sulfonamides is 1. The molecule has 0 aliphatic carbocycles. The van der Waals surface area contributed by atoms with Gasteiger partial charge in [0.05, 0.1) is 4.90 Å². The number of hydrogen-bond donors (Lipinski definition) is 1. The third-order valence-electron chi connectivity index (χ3n) is 3.06. The molecule has 0 bridgehead atoms. The van der Waals surface area contributed by atoms with Gasteiger partial charge in [0.2, 0.25) is 10.0 Å². The van der Waals surface area contributed by atoms with Gasteiger partial charge >= 0.3 is 0 Å². The van der Waals surface area contributed by atoms with Crippen LogP contribution in [0.2, 0.25) is 0 Å². The molecule has 0 heterocycles. The van der Waals surface area contributed by atoms with Crippen molar-refractivity contribution in [3.05, 3.63) is 29.8 Å². The predicted molar refractivity (Wildman–Crippen MR) is 82.0 cm³/mol. The Morgan fingerprint density at radius 3 is 2.37 bits per heavy atom. The Morgan fingerprint density at radius 1 is 1.32 bits per heavy atom. The average molecular weight is 302 g/mol. The maximum Gasteiger partial charge on any atom is 0.243 e. The lowest BCUT2D eigenvalue weighted by molar-refractivity contribution is 0.415. The van der Waals surface area contributed by atoms with E-state index in [0.29, 0.717) is 11.4 Å². The van der Waals surface area contributed by atoms with Gasteiger partial charge in [0.15, 0.2) is 0 Å². The Bertz CT molecular complexity index is 486. The van der Waals surface area contributed by atoms with E-state index in [1.165, 1.54) is 4.31 Å². The standard InChI is InChI=1S/C13H22N2O2S2/c1-11(10-18-3)15(2)19(16,17)13-6-4-12(5-7-13)8-9-14/h4-7,11H,8-10,14H2,1-3H3. The van der Waals surface area contributed by atoms with Gasteiger partial charge in [-0.1, -0.05) is 12.1 Å². The van der Waals surface area contributed by atoms with E-state index in [9.17, 15) is 8.42 Å². The Labute approximate surface area is 120 Å². The molecule has 0 aromatic heterocycles. The average Bonchev–Trinajstić information content (AvgIpc) is 2.39. The SMILES string of the molecule is CSCC(C)N(C)S(=O)(=O)c1ccc(CCN)cc1. The van der Waals surface area contributed by atoms with Gasteiger partial charge in [0.25, 0.3) is 0 Å². The van der Waals surface area contributed by atoms with Crippen LogP contribution in [0, 0.1) is 0 Å². The van der Waals surface area contributed by atoms with E-state index >= 15 is 0 Å². The summed E-state index contributed by atoms with van der Waals surface area (Å²) in [6.07, 6.45) is 2.73. The highest BCUT2D eigenvalue weighted by molar-refractivity contribution is 7.98. The minimum atomic E-state index is -3.40. The van der Waals surface area contributed by atoms with Crippen LogP contribution in [-0.4, -0.2) is 44.4 Å². The summed E-state index contributed by atoms with van der Waals surface area (Å²) in [5, 5.41) is 0. The highest BCUT2D eigenvalue weighted by atomic mass is 32.2. The zero-order chi connectivity index (χ0) is 14.5. The summed E-state index contributed by atoms with van der Waals surface area (Å²) in [6, 6.07) is 6.94. The van der Waals surface area contributed by atoms with Crippen LogP contribution < -0.4 is 5.73 Å². The smallest absolute Gasteiger partial charge is 0.243 e. The summed E-state index contributed by atoms with van der Waals surface area (Å²) in [7, 11) is -1.77. The lowest BCUT2D eigenvalue weighted by atomic mass is 10.2. The van der Waals surface area contributed by atoms with E-state index in [1.54, 1.807) is 30.9 Å². The number of hydrogen-bond acceptors (Lipinski definition) is 4. The maximum absolute atomic E-state index is 12.4. The van der Waals surface area contributed by atoms with Crippen LogP contribution in [0.5, 0.6) is 0 Å². The monoisotopic (exact) mass is 302 g/mol. The fourth-order valence-electron chi connectivity index (χ4n) is 1.74. The van der Waals surface area contributed by atoms with Crippen LogP contribution in [0.3, 0.4) is 0 Å². The molecule has 1 unspecified atom stereocenters. The molecule has 19 heavy (non-hydrogen) atoms. The molecule has 108 valence electrons. The summed E-state index contributed by atoms with van der Waals surface area (Å²) in [6.45, 7) is 2.48. The second-order valence-electron chi connectivity index (χ2n) is 4.51. The highest BCUT2D eigenvalue weighted by Gasteiger charge is 2.24. The first kappa shape index (κ1) is 16.5. The summed E-state index contributed by atoms with van der Waals surface area (Å²) in [5.74, 6) is 0.779. The topological polar surface area (TPSA) is 63.4 Å². The number of thioether (sulfide) groups is 1. The van der Waals surface area contributed by atoms with Crippen molar-refractivity contribution in [1.82, 2.24) is 4.31 Å². The Morgan fingerprint density at radius 2 is 1.89 bits per heavy atom. The molecule has 0 spiro atoms. The van der Waals surface area contributed by atoms with E-state index in [-0.39, 0.29) is 6.04 Å². The van der Waals surface area contributed by atoms with Crippen molar-refractivity contribution in [3.8, 4) is 0 Å². The lowest BCUT2D eigenvalue weighted by Crippen LogP contribution is -2.36. The molecule has 6 heteroatoms. The van der Waals surface area contributed by atoms with Crippen LogP contribution >= 0.6 is 11.8 Å². The first-order valence-electron chi connectivity index (χ1n) is 6.19. The maximum atomic E-state index is 12.4. The van der Waals surface area contributed by atoms with Gasteiger partial charge in [-0.25, -0.2) is 8.42 Å². The van der Waals surface area contributed by atoms with E-state index < -0.39 is 10.0 Å². The van der Waals surface area contributed by atoms with Crippen molar-refractivity contribution in [2.75, 3.05) is 25.6 Å². The summed E-state index contributed by atoms with van der Waals surface area (Å²) in [5.41, 5.74) is 6.53. The normalized spacial score (nSPS) is 13.7. The molecule has 1 rings (SSSR count). The minimum absolute atomic E-state index is 0.0243. The van der Waals surface area contributed by atoms with Crippen LogP contribution in [0.1, 0.15) is 12.5 Å². The van der Waals surface area contributed by atoms with Crippen molar-refractivity contribution in [3.63, 3.8) is 0 Å². The summed E-state index contributed by atoms with van der Waals surface area (Å²) < 4.78 is 26.3. The van der Waals surface area contributed by atoms with Crippen LogP contribution in [-0.2, 0) is 16.4 Å². The molecular weight excluding hydrogens is 280 g/mol. The number of benzene rings is 1. The largest absolute Gasteiger partial charge is 0.330 e. The number of nitrogens with zero attached hydrogens (tertiary/aromatic N) is 1. The van der Waals surface area contributed by atoms with E-state index in [4.69, 9.17) is 5.73 Å². The van der Waals surface area contributed by atoms with Gasteiger partial charge in [0, 0.05) is 18.8 Å². The van der Waals surface area contributed by atoms with E-state index in [0.717, 1.165) is 17.7 Å². The first-order chi connectivity index (χ1) is 8.93. The van der Waals surface area contributed by atoms with Gasteiger partial charge in [0.1, 0.15) is 0 Å². The first-order valence-corrected chi connectivity index (χ1v) is 9.03. The second kappa shape index (κ2) is 7.28. The molecule has 0 radical (unpaired) electrons. The molecule has 0 aliphatic heterocycles. The molecule has 1 aromatic rings. The molecule has 2 N–H and O–H groups in total. The molecule has 0 saturated heterocycles. The van der Waals surface area contributed by atoms with E-state index in [1.807, 2.05) is 25.3 Å². The lowest BCUT2D eigenvalue weighted by Gasteiger charge is -2.23. The molecule has 4 nitrogen and oxygen atoms in total. The van der Waals surface area contributed by atoms with Gasteiger partial charge in [-0.05, 0) is 43.8 Å². The fraction of sp³-hybridized carbons (Fsp3) is 0.538. The van der Waals surface area contributed by atoms with Gasteiger partial charge in [-0.3, -0.25) is 0 Å². The molecule has 0 amide bonds. The third kappa shape index (κ3) is 4.21. The fourth-order valence-corrected chi connectivity index (χ4v) is 3.91. The Hall–Kier alpha value is -0.560. The summed E-state index contributed by atoms with van der Waals surface area (Å²) >= 11 is 1.64. The quantitative estimate of drug-likeness (QED) is 0.830. The predicted octanol–water partition coefficient (Wildman–Crippen LogP) is 1.56. The zero-order valence-corrected chi connectivity index (χ0v) is 13.3. The van der Waals surface area contributed by atoms with Crippen molar-refractivity contribution in [1.29, 1.82) is 0 Å². The summed E-state index contributed by atoms with van der Waals surface area (Å²) in [4.78, 5) is 0.337.